The average Bonchev–Trinajstić information content (AvgIpc) is 2.86. The molecule has 19 heavy (non-hydrogen) atoms. The van der Waals surface area contributed by atoms with E-state index in [2.05, 4.69) is 16.9 Å². The number of hydrogen-bond donors (Lipinski definition) is 2. The van der Waals surface area contributed by atoms with Gasteiger partial charge in [0.05, 0.1) is 24.0 Å². The summed E-state index contributed by atoms with van der Waals surface area (Å²) < 4.78 is 5.56. The highest BCUT2D eigenvalue weighted by Gasteiger charge is 2.18. The molecule has 0 amide bonds. The van der Waals surface area contributed by atoms with Gasteiger partial charge in [0.1, 0.15) is 11.6 Å². The fourth-order valence-corrected chi connectivity index (χ4v) is 1.75. The van der Waals surface area contributed by atoms with Crippen molar-refractivity contribution in [2.45, 2.75) is 32.7 Å². The molecule has 1 aromatic carbocycles. The first-order valence-electron chi connectivity index (χ1n) is 6.58. The van der Waals surface area contributed by atoms with Gasteiger partial charge in [0, 0.05) is 0 Å². The lowest BCUT2D eigenvalue weighted by Gasteiger charge is -2.14. The molecule has 0 radical (unpaired) electrons. The van der Waals surface area contributed by atoms with Crippen LogP contribution in [0.5, 0.6) is 5.75 Å². The molecule has 0 spiro atoms. The van der Waals surface area contributed by atoms with E-state index in [1.54, 1.807) is 0 Å². The van der Waals surface area contributed by atoms with Crippen molar-refractivity contribution in [1.82, 2.24) is 9.97 Å². The zero-order valence-corrected chi connectivity index (χ0v) is 11.7. The van der Waals surface area contributed by atoms with Crippen LogP contribution in [0.4, 0.5) is 0 Å². The third-order valence-corrected chi connectivity index (χ3v) is 2.82. The molecule has 0 saturated carbocycles. The maximum atomic E-state index is 6.01. The number of hydrogen-bond acceptors (Lipinski definition) is 3. The minimum Gasteiger partial charge on any atom is -0.494 e. The number of nitrogens with one attached hydrogen (secondary N) is 1. The number of aromatic nitrogens is 2. The van der Waals surface area contributed by atoms with E-state index in [0.29, 0.717) is 0 Å². The third-order valence-electron chi connectivity index (χ3n) is 2.82. The molecule has 0 bridgehead atoms. The Hall–Kier alpha value is -1.81. The van der Waals surface area contributed by atoms with Crippen LogP contribution in [0.3, 0.4) is 0 Å². The fraction of sp³-hybridized carbons (Fsp3) is 0.400. The second-order valence-corrected chi connectivity index (χ2v) is 5.24. The molecule has 0 fully saturated rings. The lowest BCUT2D eigenvalue weighted by molar-refractivity contribution is 0.317. The lowest BCUT2D eigenvalue weighted by Crippen LogP contribution is -2.30. The van der Waals surface area contributed by atoms with Crippen LogP contribution in [0.2, 0.25) is 0 Å². The van der Waals surface area contributed by atoms with Gasteiger partial charge >= 0.3 is 0 Å². The van der Waals surface area contributed by atoms with Crippen LogP contribution in [0, 0.1) is 0 Å². The van der Waals surface area contributed by atoms with Crippen LogP contribution in [0.15, 0.2) is 30.5 Å². The van der Waals surface area contributed by atoms with Gasteiger partial charge in [0.25, 0.3) is 0 Å². The molecule has 1 aromatic heterocycles. The SMILES string of the molecule is CCCOc1ccc(-c2cnc(C(C)(C)N)[nH]2)cc1. The molecule has 3 N–H and O–H groups in total. The van der Waals surface area contributed by atoms with Gasteiger partial charge in [-0.3, -0.25) is 0 Å². The summed E-state index contributed by atoms with van der Waals surface area (Å²) in [5, 5.41) is 0. The van der Waals surface area contributed by atoms with Crippen molar-refractivity contribution in [3.8, 4) is 17.0 Å². The molecule has 2 aromatic rings. The Balaban J connectivity index is 2.16. The van der Waals surface area contributed by atoms with E-state index in [4.69, 9.17) is 10.5 Å². The Kier molecular flexibility index (Phi) is 3.90. The van der Waals surface area contributed by atoms with Crippen molar-refractivity contribution in [3.63, 3.8) is 0 Å². The molecule has 0 aliphatic rings. The maximum Gasteiger partial charge on any atom is 0.126 e. The van der Waals surface area contributed by atoms with Gasteiger partial charge in [0.15, 0.2) is 0 Å². The van der Waals surface area contributed by atoms with Gasteiger partial charge in [-0.1, -0.05) is 6.92 Å². The summed E-state index contributed by atoms with van der Waals surface area (Å²) in [7, 11) is 0. The summed E-state index contributed by atoms with van der Waals surface area (Å²) in [5.74, 6) is 1.68. The molecule has 0 aliphatic heterocycles. The monoisotopic (exact) mass is 259 g/mol. The minimum absolute atomic E-state index is 0.456. The Morgan fingerprint density at radius 3 is 2.47 bits per heavy atom. The number of H-pyrrole nitrogens is 1. The second-order valence-electron chi connectivity index (χ2n) is 5.24. The predicted octanol–water partition coefficient (Wildman–Crippen LogP) is 3.06. The molecule has 0 saturated heterocycles. The van der Waals surface area contributed by atoms with E-state index < -0.39 is 5.54 Å². The summed E-state index contributed by atoms with van der Waals surface area (Å²) in [4.78, 5) is 7.58. The topological polar surface area (TPSA) is 63.9 Å². The zero-order valence-electron chi connectivity index (χ0n) is 11.7. The highest BCUT2D eigenvalue weighted by atomic mass is 16.5. The number of aromatic amines is 1. The largest absolute Gasteiger partial charge is 0.494 e. The summed E-state index contributed by atoms with van der Waals surface area (Å²) >= 11 is 0. The van der Waals surface area contributed by atoms with Crippen LogP contribution in [0.25, 0.3) is 11.3 Å². The van der Waals surface area contributed by atoms with Gasteiger partial charge < -0.3 is 15.5 Å². The number of nitrogens with two attached hydrogens (primary N) is 1. The predicted molar refractivity (Wildman–Crippen MR) is 77.0 cm³/mol. The quantitative estimate of drug-likeness (QED) is 0.867. The van der Waals surface area contributed by atoms with Gasteiger partial charge in [-0.05, 0) is 50.1 Å². The lowest BCUT2D eigenvalue weighted by atomic mass is 10.1. The summed E-state index contributed by atoms with van der Waals surface area (Å²) in [6, 6.07) is 7.98. The van der Waals surface area contributed by atoms with E-state index in [-0.39, 0.29) is 0 Å². The van der Waals surface area contributed by atoms with Crippen molar-refractivity contribution in [3.05, 3.63) is 36.3 Å². The number of nitrogens with zero attached hydrogens (tertiary/aromatic N) is 1. The Morgan fingerprint density at radius 2 is 1.95 bits per heavy atom. The minimum atomic E-state index is -0.456. The highest BCUT2D eigenvalue weighted by molar-refractivity contribution is 5.59. The molecule has 4 nitrogen and oxygen atoms in total. The third kappa shape index (κ3) is 3.35. The molecule has 0 unspecified atom stereocenters. The van der Waals surface area contributed by atoms with Gasteiger partial charge in [0.2, 0.25) is 0 Å². The fourth-order valence-electron chi connectivity index (χ4n) is 1.75. The van der Waals surface area contributed by atoms with Crippen LogP contribution < -0.4 is 10.5 Å². The first kappa shape index (κ1) is 13.6. The van der Waals surface area contributed by atoms with E-state index in [0.717, 1.165) is 35.9 Å². The molecule has 2 rings (SSSR count). The summed E-state index contributed by atoms with van der Waals surface area (Å²) in [6.45, 7) is 6.69. The maximum absolute atomic E-state index is 6.01. The van der Waals surface area contributed by atoms with Crippen molar-refractivity contribution in [2.24, 2.45) is 5.73 Å². The van der Waals surface area contributed by atoms with E-state index >= 15 is 0 Å². The molecular formula is C15H21N3O. The summed E-state index contributed by atoms with van der Waals surface area (Å²) in [6.07, 6.45) is 2.82. The molecule has 0 atom stereocenters. The number of benzene rings is 1. The molecule has 0 aliphatic carbocycles. The Morgan fingerprint density at radius 1 is 1.26 bits per heavy atom. The molecular weight excluding hydrogens is 238 g/mol. The van der Waals surface area contributed by atoms with Gasteiger partial charge in [-0.2, -0.15) is 0 Å². The first-order chi connectivity index (χ1) is 9.00. The highest BCUT2D eigenvalue weighted by Crippen LogP contribution is 2.23. The van der Waals surface area contributed by atoms with Crippen LogP contribution >= 0.6 is 0 Å². The van der Waals surface area contributed by atoms with E-state index in [1.807, 2.05) is 44.3 Å². The van der Waals surface area contributed by atoms with Crippen molar-refractivity contribution in [1.29, 1.82) is 0 Å². The van der Waals surface area contributed by atoms with Crippen molar-refractivity contribution < 1.29 is 4.74 Å². The normalized spacial score (nSPS) is 11.6. The molecule has 102 valence electrons. The Bertz CT molecular complexity index is 523. The zero-order chi connectivity index (χ0) is 13.9. The molecule has 4 heteroatoms. The van der Waals surface area contributed by atoms with E-state index in [1.165, 1.54) is 0 Å². The number of imidazole rings is 1. The van der Waals surface area contributed by atoms with Crippen LogP contribution in [-0.2, 0) is 5.54 Å². The van der Waals surface area contributed by atoms with Crippen LogP contribution in [-0.4, -0.2) is 16.6 Å². The molecule has 1 heterocycles. The first-order valence-corrected chi connectivity index (χ1v) is 6.58. The van der Waals surface area contributed by atoms with Crippen molar-refractivity contribution in [2.75, 3.05) is 6.61 Å². The standard InChI is InChI=1S/C15H21N3O/c1-4-9-19-12-7-5-11(6-8-12)13-10-17-14(18-13)15(2,3)16/h5-8,10H,4,9,16H2,1-3H3,(H,17,18). The van der Waals surface area contributed by atoms with Crippen molar-refractivity contribution >= 4 is 0 Å². The Labute approximate surface area is 114 Å². The number of rotatable bonds is 5. The summed E-state index contributed by atoms with van der Waals surface area (Å²) in [5.41, 5.74) is 7.60. The second kappa shape index (κ2) is 5.45. The van der Waals surface area contributed by atoms with Gasteiger partial charge in [-0.15, -0.1) is 0 Å². The number of ether oxygens (including phenoxy) is 1. The average molecular weight is 259 g/mol. The van der Waals surface area contributed by atoms with Crippen LogP contribution in [0.1, 0.15) is 33.0 Å². The smallest absolute Gasteiger partial charge is 0.126 e. The van der Waals surface area contributed by atoms with Gasteiger partial charge in [-0.25, -0.2) is 4.98 Å². The van der Waals surface area contributed by atoms with E-state index in [9.17, 15) is 0 Å².